The highest BCUT2D eigenvalue weighted by atomic mass is 16.5. The molecule has 1 aromatic carbocycles. The van der Waals surface area contributed by atoms with Crippen molar-refractivity contribution < 1.29 is 9.53 Å². The van der Waals surface area contributed by atoms with Gasteiger partial charge in [-0.2, -0.15) is 0 Å². The summed E-state index contributed by atoms with van der Waals surface area (Å²) in [6.07, 6.45) is 0.955. The maximum absolute atomic E-state index is 10.7. The second kappa shape index (κ2) is 5.35. The minimum atomic E-state index is -0.426. The maximum Gasteiger partial charge on any atom is 0.160 e. The quantitative estimate of drug-likeness (QED) is 0.544. The summed E-state index contributed by atoms with van der Waals surface area (Å²) in [5.74, 6) is 0.721. The lowest BCUT2D eigenvalue weighted by Gasteiger charge is -2.13. The Hall–Kier alpha value is -1.57. The Kier molecular flexibility index (Phi) is 4.10. The van der Waals surface area contributed by atoms with Crippen molar-refractivity contribution in [3.63, 3.8) is 0 Å². The summed E-state index contributed by atoms with van der Waals surface area (Å²) >= 11 is 0. The van der Waals surface area contributed by atoms with E-state index in [0.29, 0.717) is 6.42 Å². The number of rotatable bonds is 5. The Morgan fingerprint density at radius 2 is 2.07 bits per heavy atom. The lowest BCUT2D eigenvalue weighted by molar-refractivity contribution is -0.113. The van der Waals surface area contributed by atoms with Gasteiger partial charge < -0.3 is 4.74 Å². The van der Waals surface area contributed by atoms with Crippen LogP contribution in [0, 0.1) is 6.92 Å². The van der Waals surface area contributed by atoms with E-state index in [-0.39, 0.29) is 0 Å². The van der Waals surface area contributed by atoms with E-state index in [1.807, 2.05) is 38.1 Å². The molecule has 0 heterocycles. The zero-order valence-corrected chi connectivity index (χ0v) is 9.19. The fourth-order valence-electron chi connectivity index (χ4n) is 1.25. The molecule has 0 bridgehead atoms. The van der Waals surface area contributed by atoms with E-state index >= 15 is 0 Å². The molecule has 0 amide bonds. The molecule has 0 saturated carbocycles. The van der Waals surface area contributed by atoms with Gasteiger partial charge in [0, 0.05) is 6.42 Å². The van der Waals surface area contributed by atoms with Crippen molar-refractivity contribution in [2.75, 3.05) is 0 Å². The third-order valence-corrected chi connectivity index (χ3v) is 2.01. The highest BCUT2D eigenvalue weighted by molar-refractivity contribution is 5.57. The van der Waals surface area contributed by atoms with Crippen molar-refractivity contribution in [1.82, 2.24) is 0 Å². The van der Waals surface area contributed by atoms with Crippen LogP contribution in [-0.2, 0) is 4.79 Å². The number of carbonyl (C=O) groups is 1. The molecule has 15 heavy (non-hydrogen) atoms. The van der Waals surface area contributed by atoms with E-state index in [2.05, 4.69) is 6.58 Å². The Bertz CT molecular complexity index is 338. The van der Waals surface area contributed by atoms with Gasteiger partial charge in [0.1, 0.15) is 5.75 Å². The number of aldehydes is 1. The van der Waals surface area contributed by atoms with Crippen molar-refractivity contribution in [3.8, 4) is 5.75 Å². The van der Waals surface area contributed by atoms with Crippen molar-refractivity contribution >= 4 is 6.29 Å². The number of carbonyl (C=O) groups excluding carboxylic acids is 1. The van der Waals surface area contributed by atoms with Crippen molar-refractivity contribution in [3.05, 3.63) is 42.0 Å². The number of hydrogen-bond donors (Lipinski definition) is 0. The van der Waals surface area contributed by atoms with Gasteiger partial charge in [-0.25, -0.2) is 0 Å². The smallest absolute Gasteiger partial charge is 0.160 e. The van der Waals surface area contributed by atoms with Crippen LogP contribution >= 0.6 is 0 Å². The van der Waals surface area contributed by atoms with Gasteiger partial charge in [-0.15, -0.1) is 0 Å². The summed E-state index contributed by atoms with van der Waals surface area (Å²) in [6.45, 7) is 7.65. The minimum absolute atomic E-state index is 0.426. The van der Waals surface area contributed by atoms with Gasteiger partial charge in [0.25, 0.3) is 0 Å². The van der Waals surface area contributed by atoms with Crippen LogP contribution in [0.3, 0.4) is 0 Å². The molecule has 80 valence electrons. The molecule has 0 aliphatic rings. The number of ether oxygens (including phenoxy) is 1. The molecule has 1 rings (SSSR count). The molecule has 0 spiro atoms. The molecule has 1 atom stereocenters. The maximum atomic E-state index is 10.7. The van der Waals surface area contributed by atoms with Crippen LogP contribution in [0.1, 0.15) is 18.9 Å². The SMILES string of the molecule is C=C(C)CC(C=O)Oc1ccc(C)cc1. The second-order valence-electron chi connectivity index (χ2n) is 3.77. The summed E-state index contributed by atoms with van der Waals surface area (Å²) in [6, 6.07) is 7.64. The number of aryl methyl sites for hydroxylation is 1. The van der Waals surface area contributed by atoms with Crippen LogP contribution in [0.4, 0.5) is 0 Å². The first kappa shape index (κ1) is 11.5. The third kappa shape index (κ3) is 3.98. The number of benzene rings is 1. The first-order valence-electron chi connectivity index (χ1n) is 4.95. The molecule has 1 unspecified atom stereocenters. The largest absolute Gasteiger partial charge is 0.483 e. The molecular weight excluding hydrogens is 188 g/mol. The summed E-state index contributed by atoms with van der Waals surface area (Å²) in [4.78, 5) is 10.7. The van der Waals surface area contributed by atoms with Gasteiger partial charge in [-0.3, -0.25) is 4.79 Å². The molecule has 2 heteroatoms. The molecule has 0 saturated heterocycles. The summed E-state index contributed by atoms with van der Waals surface area (Å²) in [5.41, 5.74) is 2.11. The van der Waals surface area contributed by atoms with Crippen LogP contribution in [0.25, 0.3) is 0 Å². The molecule has 0 aliphatic carbocycles. The Morgan fingerprint density at radius 3 is 2.53 bits per heavy atom. The molecular formula is C13H16O2. The lowest BCUT2D eigenvalue weighted by atomic mass is 10.1. The lowest BCUT2D eigenvalue weighted by Crippen LogP contribution is -2.18. The van der Waals surface area contributed by atoms with Gasteiger partial charge in [-0.1, -0.05) is 29.8 Å². The Morgan fingerprint density at radius 1 is 1.47 bits per heavy atom. The molecule has 0 N–H and O–H groups in total. The van der Waals surface area contributed by atoms with Gasteiger partial charge in [0.05, 0.1) is 0 Å². The molecule has 0 aliphatic heterocycles. The molecule has 0 aromatic heterocycles. The van der Waals surface area contributed by atoms with Crippen LogP contribution in [0.5, 0.6) is 5.75 Å². The Balaban J connectivity index is 2.62. The van der Waals surface area contributed by atoms with E-state index in [9.17, 15) is 4.79 Å². The van der Waals surface area contributed by atoms with E-state index in [1.165, 1.54) is 5.56 Å². The summed E-state index contributed by atoms with van der Waals surface area (Å²) in [7, 11) is 0. The molecule has 1 aromatic rings. The van der Waals surface area contributed by atoms with Crippen LogP contribution in [-0.4, -0.2) is 12.4 Å². The van der Waals surface area contributed by atoms with Gasteiger partial charge in [-0.05, 0) is 26.0 Å². The Labute approximate surface area is 90.6 Å². The number of hydrogen-bond acceptors (Lipinski definition) is 2. The first-order chi connectivity index (χ1) is 7.11. The van der Waals surface area contributed by atoms with Gasteiger partial charge in [0.2, 0.25) is 0 Å². The highest BCUT2D eigenvalue weighted by Gasteiger charge is 2.08. The average Bonchev–Trinajstić information content (AvgIpc) is 2.19. The zero-order valence-electron chi connectivity index (χ0n) is 9.19. The van der Waals surface area contributed by atoms with Crippen molar-refractivity contribution in [2.24, 2.45) is 0 Å². The fraction of sp³-hybridized carbons (Fsp3) is 0.308. The van der Waals surface area contributed by atoms with Crippen LogP contribution in [0.2, 0.25) is 0 Å². The van der Waals surface area contributed by atoms with Crippen LogP contribution in [0.15, 0.2) is 36.4 Å². The van der Waals surface area contributed by atoms with E-state index < -0.39 is 6.10 Å². The van der Waals surface area contributed by atoms with E-state index in [1.54, 1.807) is 0 Å². The highest BCUT2D eigenvalue weighted by Crippen LogP contribution is 2.15. The average molecular weight is 204 g/mol. The van der Waals surface area contributed by atoms with Crippen molar-refractivity contribution in [1.29, 1.82) is 0 Å². The van der Waals surface area contributed by atoms with Crippen molar-refractivity contribution in [2.45, 2.75) is 26.4 Å². The monoisotopic (exact) mass is 204 g/mol. The zero-order chi connectivity index (χ0) is 11.3. The van der Waals surface area contributed by atoms with Gasteiger partial charge >= 0.3 is 0 Å². The second-order valence-corrected chi connectivity index (χ2v) is 3.77. The summed E-state index contributed by atoms with van der Waals surface area (Å²) in [5, 5.41) is 0. The molecule has 0 fully saturated rings. The molecule has 2 nitrogen and oxygen atoms in total. The summed E-state index contributed by atoms with van der Waals surface area (Å²) < 4.78 is 5.50. The fourth-order valence-corrected chi connectivity index (χ4v) is 1.25. The first-order valence-corrected chi connectivity index (χ1v) is 4.95. The standard InChI is InChI=1S/C13H16O2/c1-10(2)8-13(9-14)15-12-6-4-11(3)5-7-12/h4-7,9,13H,1,8H2,2-3H3. The predicted molar refractivity (Wildman–Crippen MR) is 61.1 cm³/mol. The van der Waals surface area contributed by atoms with Gasteiger partial charge in [0.15, 0.2) is 12.4 Å². The topological polar surface area (TPSA) is 26.3 Å². The molecule has 0 radical (unpaired) electrons. The van der Waals surface area contributed by atoms with E-state index in [4.69, 9.17) is 4.74 Å². The van der Waals surface area contributed by atoms with E-state index in [0.717, 1.165) is 17.6 Å². The minimum Gasteiger partial charge on any atom is -0.483 e. The normalized spacial score (nSPS) is 11.9. The third-order valence-electron chi connectivity index (χ3n) is 2.01. The van der Waals surface area contributed by atoms with Crippen LogP contribution < -0.4 is 4.74 Å². The predicted octanol–water partition coefficient (Wildman–Crippen LogP) is 2.91.